The Morgan fingerprint density at radius 3 is 2.64 bits per heavy atom. The quantitative estimate of drug-likeness (QED) is 0.501. The molecule has 1 heterocycles. The first-order valence-electron chi connectivity index (χ1n) is 4.24. The number of nitrogen functional groups attached to an aromatic ring is 1. The average Bonchev–Trinajstić information content (AvgIpc) is 2.20. The van der Waals surface area contributed by atoms with Gasteiger partial charge in [0.1, 0.15) is 18.0 Å². The molecule has 1 aromatic rings. The van der Waals surface area contributed by atoms with E-state index in [4.69, 9.17) is 15.9 Å². The average molecular weight is 198 g/mol. The molecule has 0 atom stereocenters. The number of aliphatic hydroxyl groups excluding tert-OH is 2. The first-order chi connectivity index (χ1) is 6.69. The summed E-state index contributed by atoms with van der Waals surface area (Å²) in [6.07, 6.45) is 1.33. The largest absolute Gasteiger partial charge is 0.394 e. The van der Waals surface area contributed by atoms with E-state index in [2.05, 4.69) is 15.3 Å². The zero-order valence-electron chi connectivity index (χ0n) is 7.94. The van der Waals surface area contributed by atoms with Crippen molar-refractivity contribution in [1.82, 2.24) is 9.97 Å². The molecular weight excluding hydrogens is 184 g/mol. The van der Waals surface area contributed by atoms with Crippen LogP contribution in [0.1, 0.15) is 5.56 Å². The van der Waals surface area contributed by atoms with E-state index in [1.807, 2.05) is 0 Å². The van der Waals surface area contributed by atoms with E-state index < -0.39 is 6.04 Å². The molecule has 0 aliphatic rings. The summed E-state index contributed by atoms with van der Waals surface area (Å²) < 4.78 is 0. The molecule has 0 aliphatic carbocycles. The van der Waals surface area contributed by atoms with Crippen molar-refractivity contribution >= 4 is 11.6 Å². The van der Waals surface area contributed by atoms with Crippen molar-refractivity contribution in [3.8, 4) is 0 Å². The molecule has 0 radical (unpaired) electrons. The Balaban J connectivity index is 2.80. The third kappa shape index (κ3) is 2.30. The van der Waals surface area contributed by atoms with Crippen LogP contribution < -0.4 is 11.1 Å². The highest BCUT2D eigenvalue weighted by molar-refractivity contribution is 5.54. The second kappa shape index (κ2) is 4.73. The molecule has 0 saturated heterocycles. The SMILES string of the molecule is Cc1c(N)ncnc1NC(CO)CO. The first-order valence-corrected chi connectivity index (χ1v) is 4.24. The van der Waals surface area contributed by atoms with Crippen LogP contribution in [0.25, 0.3) is 0 Å². The minimum Gasteiger partial charge on any atom is -0.394 e. The van der Waals surface area contributed by atoms with Gasteiger partial charge in [-0.05, 0) is 6.92 Å². The van der Waals surface area contributed by atoms with Gasteiger partial charge in [0, 0.05) is 5.56 Å². The van der Waals surface area contributed by atoms with Gasteiger partial charge < -0.3 is 21.3 Å². The van der Waals surface area contributed by atoms with Gasteiger partial charge in [0.25, 0.3) is 0 Å². The minimum atomic E-state index is -0.428. The first kappa shape index (κ1) is 10.7. The number of hydrogen-bond acceptors (Lipinski definition) is 6. The number of aromatic nitrogens is 2. The van der Waals surface area contributed by atoms with Crippen molar-refractivity contribution in [1.29, 1.82) is 0 Å². The van der Waals surface area contributed by atoms with Gasteiger partial charge in [-0.2, -0.15) is 0 Å². The molecule has 0 aliphatic heterocycles. The van der Waals surface area contributed by atoms with Crippen LogP contribution in [0.2, 0.25) is 0 Å². The Bertz CT molecular complexity index is 301. The molecular formula is C8H14N4O2. The molecule has 1 rings (SSSR count). The van der Waals surface area contributed by atoms with E-state index in [1.54, 1.807) is 6.92 Å². The van der Waals surface area contributed by atoms with Crippen LogP contribution >= 0.6 is 0 Å². The normalized spacial score (nSPS) is 10.6. The van der Waals surface area contributed by atoms with Gasteiger partial charge in [-0.25, -0.2) is 9.97 Å². The van der Waals surface area contributed by atoms with Gasteiger partial charge in [-0.15, -0.1) is 0 Å². The summed E-state index contributed by atoms with van der Waals surface area (Å²) in [6, 6.07) is -0.428. The highest BCUT2D eigenvalue weighted by Gasteiger charge is 2.09. The van der Waals surface area contributed by atoms with Crippen molar-refractivity contribution in [3.05, 3.63) is 11.9 Å². The van der Waals surface area contributed by atoms with Crippen LogP contribution in [0.15, 0.2) is 6.33 Å². The monoisotopic (exact) mass is 198 g/mol. The van der Waals surface area contributed by atoms with E-state index in [-0.39, 0.29) is 13.2 Å². The Hall–Kier alpha value is -1.40. The molecule has 1 aromatic heterocycles. The van der Waals surface area contributed by atoms with Gasteiger partial charge in [-0.3, -0.25) is 0 Å². The predicted octanol–water partition coefficient (Wildman–Crippen LogP) is -0.868. The fourth-order valence-electron chi connectivity index (χ4n) is 0.952. The fourth-order valence-corrected chi connectivity index (χ4v) is 0.952. The zero-order valence-corrected chi connectivity index (χ0v) is 7.94. The maximum absolute atomic E-state index is 8.85. The molecule has 0 unspecified atom stereocenters. The van der Waals surface area contributed by atoms with Crippen LogP contribution in [0, 0.1) is 6.92 Å². The van der Waals surface area contributed by atoms with Gasteiger partial charge in [0.2, 0.25) is 0 Å². The summed E-state index contributed by atoms with van der Waals surface area (Å²) in [4.78, 5) is 7.75. The van der Waals surface area contributed by atoms with Crippen LogP contribution in [0.5, 0.6) is 0 Å². The van der Waals surface area contributed by atoms with Gasteiger partial charge in [-0.1, -0.05) is 0 Å². The van der Waals surface area contributed by atoms with E-state index >= 15 is 0 Å². The Labute approximate surface area is 81.8 Å². The molecule has 0 saturated carbocycles. The van der Waals surface area contributed by atoms with Crippen LogP contribution in [0.3, 0.4) is 0 Å². The molecule has 6 heteroatoms. The Morgan fingerprint density at radius 2 is 2.07 bits per heavy atom. The van der Waals surface area contributed by atoms with Crippen molar-refractivity contribution in [3.63, 3.8) is 0 Å². The van der Waals surface area contributed by atoms with E-state index in [0.29, 0.717) is 17.2 Å². The lowest BCUT2D eigenvalue weighted by molar-refractivity contribution is 0.203. The highest BCUT2D eigenvalue weighted by atomic mass is 16.3. The molecule has 0 bridgehead atoms. The number of nitrogens with one attached hydrogen (secondary N) is 1. The number of nitrogens with zero attached hydrogens (tertiary/aromatic N) is 2. The second-order valence-electron chi connectivity index (χ2n) is 2.94. The van der Waals surface area contributed by atoms with E-state index in [1.165, 1.54) is 6.33 Å². The molecule has 0 fully saturated rings. The summed E-state index contributed by atoms with van der Waals surface area (Å²) in [6.45, 7) is 1.43. The lowest BCUT2D eigenvalue weighted by atomic mass is 10.2. The molecule has 14 heavy (non-hydrogen) atoms. The van der Waals surface area contributed by atoms with Crippen molar-refractivity contribution in [2.45, 2.75) is 13.0 Å². The van der Waals surface area contributed by atoms with Crippen LogP contribution in [-0.4, -0.2) is 39.4 Å². The number of aliphatic hydroxyl groups is 2. The topological polar surface area (TPSA) is 104 Å². The van der Waals surface area contributed by atoms with Gasteiger partial charge in [0.05, 0.1) is 19.3 Å². The molecule has 0 aromatic carbocycles. The third-order valence-electron chi connectivity index (χ3n) is 1.90. The minimum absolute atomic E-state index is 0.167. The summed E-state index contributed by atoms with van der Waals surface area (Å²) in [5.41, 5.74) is 6.27. The highest BCUT2D eigenvalue weighted by Crippen LogP contribution is 2.15. The molecule has 0 amide bonds. The molecule has 0 spiro atoms. The Kier molecular flexibility index (Phi) is 3.61. The summed E-state index contributed by atoms with van der Waals surface area (Å²) in [5, 5.41) is 20.6. The van der Waals surface area contributed by atoms with Crippen molar-refractivity contribution < 1.29 is 10.2 Å². The number of nitrogens with two attached hydrogens (primary N) is 1. The summed E-state index contributed by atoms with van der Waals surface area (Å²) in [5.74, 6) is 0.919. The molecule has 6 nitrogen and oxygen atoms in total. The van der Waals surface area contributed by atoms with Crippen LogP contribution in [0.4, 0.5) is 11.6 Å². The molecule has 78 valence electrons. The lowest BCUT2D eigenvalue weighted by Gasteiger charge is -2.15. The second-order valence-corrected chi connectivity index (χ2v) is 2.94. The maximum Gasteiger partial charge on any atom is 0.134 e. The number of hydrogen-bond donors (Lipinski definition) is 4. The summed E-state index contributed by atoms with van der Waals surface area (Å²) in [7, 11) is 0. The number of anilines is 2. The Morgan fingerprint density at radius 1 is 1.43 bits per heavy atom. The smallest absolute Gasteiger partial charge is 0.134 e. The summed E-state index contributed by atoms with van der Waals surface area (Å²) >= 11 is 0. The van der Waals surface area contributed by atoms with Crippen molar-refractivity contribution in [2.75, 3.05) is 24.3 Å². The predicted molar refractivity (Wildman–Crippen MR) is 52.8 cm³/mol. The van der Waals surface area contributed by atoms with Crippen LogP contribution in [-0.2, 0) is 0 Å². The number of rotatable bonds is 4. The zero-order chi connectivity index (χ0) is 10.6. The van der Waals surface area contributed by atoms with Gasteiger partial charge in [0.15, 0.2) is 0 Å². The van der Waals surface area contributed by atoms with E-state index in [0.717, 1.165) is 0 Å². The standard InChI is InChI=1S/C8H14N4O2/c1-5-7(9)10-4-11-8(5)12-6(2-13)3-14/h4,6,13-14H,2-3H2,1H3,(H3,9,10,11,12). The third-order valence-corrected chi connectivity index (χ3v) is 1.90. The van der Waals surface area contributed by atoms with Crippen molar-refractivity contribution in [2.24, 2.45) is 0 Å². The van der Waals surface area contributed by atoms with Gasteiger partial charge >= 0.3 is 0 Å². The van der Waals surface area contributed by atoms with E-state index in [9.17, 15) is 0 Å². The lowest BCUT2D eigenvalue weighted by Crippen LogP contribution is -2.28. The fraction of sp³-hybridized carbons (Fsp3) is 0.500. The molecule has 5 N–H and O–H groups in total. The maximum atomic E-state index is 8.85.